The summed E-state index contributed by atoms with van der Waals surface area (Å²) in [7, 11) is 3.01. The highest BCUT2D eigenvalue weighted by Gasteiger charge is 2.63. The smallest absolute Gasteiger partial charge is 0.329 e. The van der Waals surface area contributed by atoms with Gasteiger partial charge in [-0.05, 0) is 83.3 Å². The Bertz CT molecular complexity index is 1250. The molecule has 0 saturated heterocycles. The Morgan fingerprint density at radius 1 is 1.08 bits per heavy atom. The number of hydrogen-bond donors (Lipinski definition) is 1. The van der Waals surface area contributed by atoms with Gasteiger partial charge < -0.3 is 24.1 Å². The standard InChI is InChI=1S/C30H38N2O7/c1-28(2,3)38-25(33)23(12-20-11-22(32-39-20)21-8-6-7-9-24(21)36-4)31-26(34)29-13-18-10-19(14-29)16-30(15-18,17-29)27(35)37-5/h6-9,11,18-19,23H,10,12-17H2,1-5H3,(H,31,34). The second kappa shape index (κ2) is 9.99. The van der Waals surface area contributed by atoms with E-state index in [9.17, 15) is 14.4 Å². The first-order chi connectivity index (χ1) is 18.5. The van der Waals surface area contributed by atoms with Gasteiger partial charge in [-0.1, -0.05) is 17.3 Å². The number of rotatable bonds is 8. The number of nitrogens with one attached hydrogen (secondary N) is 1. The molecule has 1 amide bonds. The van der Waals surface area contributed by atoms with Gasteiger partial charge in [0, 0.05) is 18.1 Å². The van der Waals surface area contributed by atoms with Gasteiger partial charge in [-0.3, -0.25) is 9.59 Å². The van der Waals surface area contributed by atoms with E-state index < -0.39 is 28.4 Å². The van der Waals surface area contributed by atoms with Crippen molar-refractivity contribution in [1.29, 1.82) is 0 Å². The fraction of sp³-hybridized carbons (Fsp3) is 0.600. The summed E-state index contributed by atoms with van der Waals surface area (Å²) in [6.45, 7) is 5.37. The second-order valence-electron chi connectivity index (χ2n) is 12.7. The van der Waals surface area contributed by atoms with Gasteiger partial charge in [-0.15, -0.1) is 0 Å². The van der Waals surface area contributed by atoms with Crippen molar-refractivity contribution < 1.29 is 33.1 Å². The molecule has 0 spiro atoms. The average Bonchev–Trinajstić information content (AvgIpc) is 3.34. The number of carbonyl (C=O) groups is 3. The van der Waals surface area contributed by atoms with E-state index in [1.807, 2.05) is 24.3 Å². The molecule has 4 saturated carbocycles. The molecule has 9 heteroatoms. The summed E-state index contributed by atoms with van der Waals surface area (Å²) >= 11 is 0. The molecule has 6 rings (SSSR count). The number of ether oxygens (including phenoxy) is 3. The van der Waals surface area contributed by atoms with E-state index in [0.717, 1.165) is 37.7 Å². The highest BCUT2D eigenvalue weighted by molar-refractivity contribution is 5.90. The van der Waals surface area contributed by atoms with Crippen LogP contribution in [0.4, 0.5) is 0 Å². The molecule has 1 aromatic carbocycles. The van der Waals surface area contributed by atoms with Gasteiger partial charge in [-0.2, -0.15) is 0 Å². The highest BCUT2D eigenvalue weighted by atomic mass is 16.6. The van der Waals surface area contributed by atoms with Crippen LogP contribution in [0, 0.1) is 22.7 Å². The first kappa shape index (κ1) is 27.2. The minimum atomic E-state index is -0.975. The molecule has 3 unspecified atom stereocenters. The lowest BCUT2D eigenvalue weighted by Gasteiger charge is -2.59. The number of methoxy groups -OCH3 is 2. The van der Waals surface area contributed by atoms with Crippen LogP contribution in [0.1, 0.15) is 65.1 Å². The first-order valence-electron chi connectivity index (χ1n) is 13.7. The number of hydrogen-bond acceptors (Lipinski definition) is 8. The van der Waals surface area contributed by atoms with Crippen molar-refractivity contribution in [3.63, 3.8) is 0 Å². The molecule has 0 radical (unpaired) electrons. The fourth-order valence-corrected chi connectivity index (χ4v) is 7.45. The van der Waals surface area contributed by atoms with Crippen LogP contribution in [0.3, 0.4) is 0 Å². The number of amides is 1. The molecule has 4 fully saturated rings. The molecule has 1 aromatic heterocycles. The molecule has 9 nitrogen and oxygen atoms in total. The van der Waals surface area contributed by atoms with E-state index in [0.29, 0.717) is 35.5 Å². The zero-order valence-electron chi connectivity index (χ0n) is 23.4. The van der Waals surface area contributed by atoms with Crippen molar-refractivity contribution in [2.24, 2.45) is 22.7 Å². The third kappa shape index (κ3) is 5.28. The molecule has 3 atom stereocenters. The highest BCUT2D eigenvalue weighted by Crippen LogP contribution is 2.65. The van der Waals surface area contributed by atoms with E-state index in [1.54, 1.807) is 33.9 Å². The Labute approximate surface area is 228 Å². The van der Waals surface area contributed by atoms with Crippen LogP contribution in [0.15, 0.2) is 34.9 Å². The molecular formula is C30H38N2O7. The number of carbonyl (C=O) groups excluding carboxylic acids is 3. The summed E-state index contributed by atoms with van der Waals surface area (Å²) in [5.74, 6) is 0.716. The summed E-state index contributed by atoms with van der Waals surface area (Å²) in [4.78, 5) is 40.2. The largest absolute Gasteiger partial charge is 0.496 e. The maximum absolute atomic E-state index is 14.0. The number of esters is 2. The number of para-hydroxylation sites is 1. The van der Waals surface area contributed by atoms with Crippen molar-refractivity contribution >= 4 is 17.8 Å². The zero-order chi connectivity index (χ0) is 28.0. The molecule has 1 heterocycles. The molecule has 0 aliphatic heterocycles. The molecule has 2 aromatic rings. The summed E-state index contributed by atoms with van der Waals surface area (Å²) < 4.78 is 21.9. The van der Waals surface area contributed by atoms with E-state index in [-0.39, 0.29) is 18.3 Å². The predicted octanol–water partition coefficient (Wildman–Crippen LogP) is 4.48. The monoisotopic (exact) mass is 538 g/mol. The van der Waals surface area contributed by atoms with Crippen LogP contribution >= 0.6 is 0 Å². The number of benzene rings is 1. The molecule has 4 aliphatic rings. The third-order valence-electron chi connectivity index (χ3n) is 8.50. The molecule has 210 valence electrons. The topological polar surface area (TPSA) is 117 Å². The molecular weight excluding hydrogens is 500 g/mol. The Morgan fingerprint density at radius 3 is 2.38 bits per heavy atom. The van der Waals surface area contributed by atoms with Crippen LogP contribution in [0.2, 0.25) is 0 Å². The molecule has 4 bridgehead atoms. The summed E-state index contributed by atoms with van der Waals surface area (Å²) in [5, 5.41) is 7.19. The SMILES string of the molecule is COC(=O)C12CC3CC(CC(C(=O)NC(Cc4cc(-c5ccccc5OC)no4)C(=O)OC(C)(C)C)(C3)C1)C2. The Kier molecular flexibility index (Phi) is 6.97. The van der Waals surface area contributed by atoms with Crippen LogP contribution < -0.4 is 10.1 Å². The van der Waals surface area contributed by atoms with Gasteiger partial charge in [0.15, 0.2) is 0 Å². The minimum Gasteiger partial charge on any atom is -0.496 e. The maximum Gasteiger partial charge on any atom is 0.329 e. The summed E-state index contributed by atoms with van der Waals surface area (Å²) in [6, 6.07) is 8.22. The van der Waals surface area contributed by atoms with E-state index in [4.69, 9.17) is 18.7 Å². The molecule has 1 N–H and O–H groups in total. The normalized spacial score (nSPS) is 28.0. The van der Waals surface area contributed by atoms with Crippen molar-refractivity contribution in [3.05, 3.63) is 36.1 Å². The van der Waals surface area contributed by atoms with Crippen molar-refractivity contribution in [2.75, 3.05) is 14.2 Å². The maximum atomic E-state index is 14.0. The first-order valence-corrected chi connectivity index (χ1v) is 13.7. The molecule has 4 aliphatic carbocycles. The van der Waals surface area contributed by atoms with Gasteiger partial charge in [0.05, 0.1) is 25.0 Å². The van der Waals surface area contributed by atoms with E-state index in [1.165, 1.54) is 7.11 Å². The lowest BCUT2D eigenvalue weighted by atomic mass is 9.44. The summed E-state index contributed by atoms with van der Waals surface area (Å²) in [5.41, 5.74) is -0.735. The molecule has 39 heavy (non-hydrogen) atoms. The Hall–Kier alpha value is -3.36. The number of aromatic nitrogens is 1. The lowest BCUT2D eigenvalue weighted by Crippen LogP contribution is -2.61. The minimum absolute atomic E-state index is 0.0773. The lowest BCUT2D eigenvalue weighted by molar-refractivity contribution is -0.183. The predicted molar refractivity (Wildman–Crippen MR) is 142 cm³/mol. The average molecular weight is 539 g/mol. The Morgan fingerprint density at radius 2 is 1.74 bits per heavy atom. The van der Waals surface area contributed by atoms with Gasteiger partial charge in [0.1, 0.15) is 28.8 Å². The van der Waals surface area contributed by atoms with Crippen molar-refractivity contribution in [1.82, 2.24) is 10.5 Å². The van der Waals surface area contributed by atoms with E-state index in [2.05, 4.69) is 10.5 Å². The van der Waals surface area contributed by atoms with Crippen LogP contribution in [0.5, 0.6) is 5.75 Å². The Balaban J connectivity index is 1.39. The summed E-state index contributed by atoms with van der Waals surface area (Å²) in [6.07, 6.45) is 4.54. The van der Waals surface area contributed by atoms with Crippen molar-refractivity contribution in [2.45, 2.75) is 77.4 Å². The van der Waals surface area contributed by atoms with Gasteiger partial charge in [0.25, 0.3) is 0 Å². The quantitative estimate of drug-likeness (QED) is 0.489. The van der Waals surface area contributed by atoms with Gasteiger partial charge >= 0.3 is 11.9 Å². The third-order valence-corrected chi connectivity index (χ3v) is 8.50. The number of nitrogens with zero attached hydrogens (tertiary/aromatic N) is 1. The van der Waals surface area contributed by atoms with E-state index >= 15 is 0 Å². The van der Waals surface area contributed by atoms with Crippen molar-refractivity contribution in [3.8, 4) is 17.0 Å². The zero-order valence-corrected chi connectivity index (χ0v) is 23.4. The second-order valence-corrected chi connectivity index (χ2v) is 12.7. The van der Waals surface area contributed by atoms with Crippen LogP contribution in [-0.2, 0) is 30.3 Å². The van der Waals surface area contributed by atoms with Gasteiger partial charge in [0.2, 0.25) is 5.91 Å². The fourth-order valence-electron chi connectivity index (χ4n) is 7.45. The van der Waals surface area contributed by atoms with Gasteiger partial charge in [-0.25, -0.2) is 4.79 Å². The van der Waals surface area contributed by atoms with Crippen LogP contribution in [-0.4, -0.2) is 48.9 Å². The van der Waals surface area contributed by atoms with Crippen LogP contribution in [0.25, 0.3) is 11.3 Å².